The van der Waals surface area contributed by atoms with E-state index in [9.17, 15) is 10.2 Å². The largest absolute Gasteiger partial charge is 0.505 e. The molecular weight excluding hydrogens is 400 g/mol. The molecule has 6 heteroatoms. The molecule has 6 rings (SSSR count). The van der Waals surface area contributed by atoms with Gasteiger partial charge in [0, 0.05) is 21.5 Å². The third-order valence-corrected chi connectivity index (χ3v) is 5.57. The van der Waals surface area contributed by atoms with Crippen LogP contribution in [-0.2, 0) is 0 Å². The van der Waals surface area contributed by atoms with Crippen molar-refractivity contribution >= 4 is 55.0 Å². The number of benzene rings is 4. The zero-order valence-corrected chi connectivity index (χ0v) is 16.8. The second-order valence-corrected chi connectivity index (χ2v) is 7.56. The second-order valence-electron chi connectivity index (χ2n) is 7.56. The average molecular weight is 416 g/mol. The summed E-state index contributed by atoms with van der Waals surface area (Å²) in [6.07, 6.45) is 0. The van der Waals surface area contributed by atoms with Crippen molar-refractivity contribution in [3.8, 4) is 11.5 Å². The lowest BCUT2D eigenvalue weighted by atomic mass is 10.1. The van der Waals surface area contributed by atoms with E-state index < -0.39 is 0 Å². The number of hydrogen-bond donors (Lipinski definition) is 2. The molecule has 0 radical (unpaired) electrons. The van der Waals surface area contributed by atoms with Crippen LogP contribution in [-0.4, -0.2) is 20.2 Å². The predicted octanol–water partition coefficient (Wildman–Crippen LogP) is 6.92. The number of phenols is 2. The molecule has 4 aromatic carbocycles. The van der Waals surface area contributed by atoms with E-state index in [1.165, 1.54) is 0 Å². The van der Waals surface area contributed by atoms with Crippen LogP contribution in [0.3, 0.4) is 0 Å². The molecule has 0 aliphatic carbocycles. The first-order valence-electron chi connectivity index (χ1n) is 10.1. The molecule has 32 heavy (non-hydrogen) atoms. The number of pyridine rings is 2. The lowest BCUT2D eigenvalue weighted by molar-refractivity contribution is 0.480. The average Bonchev–Trinajstić information content (AvgIpc) is 2.83. The highest BCUT2D eigenvalue weighted by atomic mass is 16.3. The molecule has 0 saturated carbocycles. The van der Waals surface area contributed by atoms with Gasteiger partial charge >= 0.3 is 0 Å². The Bertz CT molecular complexity index is 1580. The Balaban J connectivity index is 1.44. The Morgan fingerprint density at radius 2 is 0.938 bits per heavy atom. The van der Waals surface area contributed by atoms with E-state index in [0.29, 0.717) is 33.2 Å². The first kappa shape index (κ1) is 18.2. The lowest BCUT2D eigenvalue weighted by Gasteiger charge is -2.07. The number of rotatable bonds is 2. The van der Waals surface area contributed by atoms with E-state index in [2.05, 4.69) is 20.2 Å². The Hall–Kier alpha value is -4.58. The van der Waals surface area contributed by atoms with Crippen LogP contribution in [0.4, 0.5) is 11.4 Å². The third kappa shape index (κ3) is 2.89. The van der Waals surface area contributed by atoms with Crippen molar-refractivity contribution in [2.45, 2.75) is 0 Å². The molecule has 2 N–H and O–H groups in total. The number of para-hydroxylation sites is 2. The molecule has 0 fully saturated rings. The van der Waals surface area contributed by atoms with Crippen LogP contribution in [0.1, 0.15) is 0 Å². The van der Waals surface area contributed by atoms with E-state index in [0.717, 1.165) is 21.8 Å². The molecule has 0 saturated heterocycles. The molecule has 0 aliphatic heterocycles. The number of nitrogens with zero attached hydrogens (tertiary/aromatic N) is 4. The van der Waals surface area contributed by atoms with E-state index in [1.807, 2.05) is 60.7 Å². The maximum Gasteiger partial charge on any atom is 0.152 e. The molecule has 6 nitrogen and oxygen atoms in total. The molecule has 0 spiro atoms. The van der Waals surface area contributed by atoms with E-state index in [4.69, 9.17) is 0 Å². The third-order valence-electron chi connectivity index (χ3n) is 5.57. The van der Waals surface area contributed by atoms with E-state index >= 15 is 0 Å². The number of azo groups is 1. The summed E-state index contributed by atoms with van der Waals surface area (Å²) in [5.41, 5.74) is 3.65. The van der Waals surface area contributed by atoms with Crippen molar-refractivity contribution in [1.82, 2.24) is 9.97 Å². The van der Waals surface area contributed by atoms with Crippen LogP contribution in [0.25, 0.3) is 43.6 Å². The van der Waals surface area contributed by atoms with Crippen molar-refractivity contribution in [3.63, 3.8) is 0 Å². The fraction of sp³-hybridized carbons (Fsp3) is 0. The van der Waals surface area contributed by atoms with Gasteiger partial charge < -0.3 is 10.2 Å². The molecule has 0 aliphatic rings. The van der Waals surface area contributed by atoms with Gasteiger partial charge in [0.1, 0.15) is 11.4 Å². The SMILES string of the molecule is Oc1c(N=Nc2ccc3nc4ccccc4cc3c2O)ccc2nc3ccccc3cc12. The minimum Gasteiger partial charge on any atom is -0.505 e. The normalized spacial score (nSPS) is 11.9. The molecule has 0 atom stereocenters. The number of phenolic OH excluding ortho intramolecular Hbond substituents is 2. The Morgan fingerprint density at radius 3 is 1.41 bits per heavy atom. The first-order valence-corrected chi connectivity index (χ1v) is 10.1. The summed E-state index contributed by atoms with van der Waals surface area (Å²) in [4.78, 5) is 9.18. The van der Waals surface area contributed by atoms with Crippen molar-refractivity contribution < 1.29 is 10.2 Å². The Labute approximate surface area is 182 Å². The number of fused-ring (bicyclic) bond motifs is 4. The molecule has 0 bridgehead atoms. The lowest BCUT2D eigenvalue weighted by Crippen LogP contribution is -1.83. The van der Waals surface area contributed by atoms with Crippen molar-refractivity contribution in [1.29, 1.82) is 0 Å². The highest BCUT2D eigenvalue weighted by molar-refractivity contribution is 5.99. The van der Waals surface area contributed by atoms with Gasteiger partial charge in [0.15, 0.2) is 11.5 Å². The summed E-state index contributed by atoms with van der Waals surface area (Å²) in [6, 6.07) is 26.2. The summed E-state index contributed by atoms with van der Waals surface area (Å²) in [5, 5.41) is 33.0. The maximum absolute atomic E-state index is 10.8. The maximum atomic E-state index is 10.8. The van der Waals surface area contributed by atoms with Gasteiger partial charge in [0.2, 0.25) is 0 Å². The highest BCUT2D eigenvalue weighted by Crippen LogP contribution is 2.39. The van der Waals surface area contributed by atoms with Gasteiger partial charge in [0.25, 0.3) is 0 Å². The van der Waals surface area contributed by atoms with E-state index in [-0.39, 0.29) is 11.5 Å². The van der Waals surface area contributed by atoms with Crippen LogP contribution in [0, 0.1) is 0 Å². The summed E-state index contributed by atoms with van der Waals surface area (Å²) in [7, 11) is 0. The Morgan fingerprint density at radius 1 is 0.500 bits per heavy atom. The monoisotopic (exact) mass is 416 g/mol. The molecule has 6 aromatic rings. The van der Waals surface area contributed by atoms with Crippen LogP contribution in [0.15, 0.2) is 95.2 Å². The molecule has 152 valence electrons. The summed E-state index contributed by atoms with van der Waals surface area (Å²) >= 11 is 0. The second kappa shape index (κ2) is 6.99. The fourth-order valence-electron chi connectivity index (χ4n) is 3.91. The highest BCUT2D eigenvalue weighted by Gasteiger charge is 2.11. The predicted molar refractivity (Wildman–Crippen MR) is 126 cm³/mol. The van der Waals surface area contributed by atoms with Crippen LogP contribution in [0.5, 0.6) is 11.5 Å². The van der Waals surface area contributed by atoms with Crippen molar-refractivity contribution in [2.24, 2.45) is 10.2 Å². The van der Waals surface area contributed by atoms with Gasteiger partial charge in [-0.05, 0) is 48.5 Å². The van der Waals surface area contributed by atoms with Crippen molar-refractivity contribution in [2.75, 3.05) is 0 Å². The number of aromatic hydroxyl groups is 2. The zero-order valence-electron chi connectivity index (χ0n) is 16.8. The molecule has 0 amide bonds. The van der Waals surface area contributed by atoms with Gasteiger partial charge in [-0.25, -0.2) is 9.97 Å². The van der Waals surface area contributed by atoms with Crippen LogP contribution < -0.4 is 0 Å². The topological polar surface area (TPSA) is 91.0 Å². The minimum absolute atomic E-state index is 0.00237. The first-order chi connectivity index (χ1) is 15.7. The van der Waals surface area contributed by atoms with Gasteiger partial charge in [-0.15, -0.1) is 10.2 Å². The van der Waals surface area contributed by atoms with Crippen LogP contribution >= 0.6 is 0 Å². The van der Waals surface area contributed by atoms with Crippen LogP contribution in [0.2, 0.25) is 0 Å². The summed E-state index contributed by atoms with van der Waals surface area (Å²) in [6.45, 7) is 0. The van der Waals surface area contributed by atoms with E-state index in [1.54, 1.807) is 24.3 Å². The summed E-state index contributed by atoms with van der Waals surface area (Å²) in [5.74, 6) is -0.00474. The van der Waals surface area contributed by atoms with Gasteiger partial charge in [-0.1, -0.05) is 36.4 Å². The smallest absolute Gasteiger partial charge is 0.152 e. The molecule has 2 heterocycles. The number of hydrogen-bond acceptors (Lipinski definition) is 6. The molecular formula is C26H16N4O2. The van der Waals surface area contributed by atoms with Crippen molar-refractivity contribution in [3.05, 3.63) is 84.9 Å². The Kier molecular flexibility index (Phi) is 3.98. The van der Waals surface area contributed by atoms with Gasteiger partial charge in [-0.2, -0.15) is 0 Å². The number of aromatic nitrogens is 2. The van der Waals surface area contributed by atoms with Gasteiger partial charge in [0.05, 0.1) is 22.1 Å². The molecule has 0 unspecified atom stereocenters. The minimum atomic E-state index is -0.00237. The quantitative estimate of drug-likeness (QED) is 0.237. The standard InChI is InChI=1S/C26H16N4O2/c31-25-17-13-15-5-1-3-7-19(15)27-21(17)9-11-23(25)29-30-24-12-10-22-18(26(24)32)14-16-6-2-4-8-20(16)28-22/h1-14,31-32H. The fourth-order valence-corrected chi connectivity index (χ4v) is 3.91. The molecule has 2 aromatic heterocycles. The summed E-state index contributed by atoms with van der Waals surface area (Å²) < 4.78 is 0. The van der Waals surface area contributed by atoms with Gasteiger partial charge in [-0.3, -0.25) is 0 Å². The zero-order chi connectivity index (χ0) is 21.7.